The first kappa shape index (κ1) is 20.5. The predicted octanol–water partition coefficient (Wildman–Crippen LogP) is 2.38. The van der Waals surface area contributed by atoms with Crippen LogP contribution in [0.25, 0.3) is 0 Å². The van der Waals surface area contributed by atoms with Crippen molar-refractivity contribution in [1.82, 2.24) is 4.37 Å². The van der Waals surface area contributed by atoms with E-state index >= 15 is 0 Å². The van der Waals surface area contributed by atoms with Crippen LogP contribution in [0, 0.1) is 17.1 Å². The number of sulfonamides is 1. The van der Waals surface area contributed by atoms with Crippen molar-refractivity contribution in [1.29, 1.82) is 5.26 Å². The maximum Gasteiger partial charge on any atom is 0.328 e. The number of aromatic amines is 1. The number of hydrogen-bond donors (Lipinski definition) is 0. The fraction of sp³-hybridized carbons (Fsp3) is 0.167. The van der Waals surface area contributed by atoms with Gasteiger partial charge in [0.2, 0.25) is 6.33 Å². The third-order valence-electron chi connectivity index (χ3n) is 4.06. The van der Waals surface area contributed by atoms with Crippen molar-refractivity contribution >= 4 is 26.7 Å². The van der Waals surface area contributed by atoms with Gasteiger partial charge < -0.3 is 9.47 Å². The van der Waals surface area contributed by atoms with Crippen LogP contribution < -0.4 is 18.8 Å². The van der Waals surface area contributed by atoms with Gasteiger partial charge in [0, 0.05) is 11.6 Å². The average molecular weight is 435 g/mol. The molecule has 1 heterocycles. The lowest BCUT2D eigenvalue weighted by molar-refractivity contribution is -0.359. The molecule has 1 aromatic heterocycles. The van der Waals surface area contributed by atoms with Gasteiger partial charge in [-0.1, -0.05) is 0 Å². The lowest BCUT2D eigenvalue weighted by Gasteiger charge is -2.18. The highest BCUT2D eigenvalue weighted by molar-refractivity contribution is 7.93. The zero-order valence-electron chi connectivity index (χ0n) is 15.4. The van der Waals surface area contributed by atoms with E-state index in [4.69, 9.17) is 14.7 Å². The molecule has 0 aliphatic rings. The lowest BCUT2D eigenvalue weighted by atomic mass is 10.2. The van der Waals surface area contributed by atoms with Crippen LogP contribution in [0.15, 0.2) is 47.6 Å². The number of ether oxygens (including phenoxy) is 2. The molecule has 0 aliphatic carbocycles. The SMILES string of the molecule is COc1ccc(CN(c2[nH+]cns2)S(=O)(=O)c2ccc(F)c(C#N)c2)c(OC)c1. The molecule has 3 rings (SSSR count). The summed E-state index contributed by atoms with van der Waals surface area (Å²) in [6.07, 6.45) is 1.36. The van der Waals surface area contributed by atoms with Gasteiger partial charge in [-0.3, -0.25) is 0 Å². The van der Waals surface area contributed by atoms with E-state index in [1.807, 2.05) is 0 Å². The summed E-state index contributed by atoms with van der Waals surface area (Å²) in [5.74, 6) is 0.201. The Morgan fingerprint density at radius 3 is 2.66 bits per heavy atom. The molecule has 0 saturated carbocycles. The van der Waals surface area contributed by atoms with Gasteiger partial charge in [0.05, 0.1) is 19.8 Å². The molecule has 0 radical (unpaired) electrons. The second kappa shape index (κ2) is 8.42. The number of halogens is 1. The molecule has 1 N–H and O–H groups in total. The molecular formula is C18H16FN4O4S2+. The molecule has 0 spiro atoms. The Kier molecular flexibility index (Phi) is 5.95. The zero-order valence-corrected chi connectivity index (χ0v) is 17.1. The first-order valence-electron chi connectivity index (χ1n) is 8.16. The van der Waals surface area contributed by atoms with Gasteiger partial charge in [0.1, 0.15) is 46.4 Å². The first-order valence-corrected chi connectivity index (χ1v) is 10.4. The summed E-state index contributed by atoms with van der Waals surface area (Å²) in [4.78, 5) is 2.57. The third-order valence-corrected chi connectivity index (χ3v) is 6.64. The maximum atomic E-state index is 13.7. The number of rotatable bonds is 7. The van der Waals surface area contributed by atoms with Gasteiger partial charge >= 0.3 is 15.2 Å². The number of benzene rings is 2. The standard InChI is InChI=1S/C18H15FN4O4S2/c1-26-14-4-3-12(17(8-14)27-2)10-23(18-21-11-22-28-18)29(24,25)15-5-6-16(19)13(7-15)9-20/h3-8,11H,10H2,1-2H3/p+1. The van der Waals surface area contributed by atoms with E-state index in [0.717, 1.165) is 34.0 Å². The molecule has 0 fully saturated rings. The van der Waals surface area contributed by atoms with E-state index in [1.165, 1.54) is 20.5 Å². The Bertz CT molecular complexity index is 1160. The van der Waals surface area contributed by atoms with Crippen molar-refractivity contribution < 1.29 is 27.3 Å². The number of nitriles is 1. The van der Waals surface area contributed by atoms with Crippen molar-refractivity contribution in [2.75, 3.05) is 18.5 Å². The fourth-order valence-corrected chi connectivity index (χ4v) is 4.78. The molecule has 2 aromatic carbocycles. The third kappa shape index (κ3) is 4.13. The van der Waals surface area contributed by atoms with Crippen LogP contribution >= 0.6 is 11.5 Å². The number of nitrogens with one attached hydrogen (secondary N) is 1. The summed E-state index contributed by atoms with van der Waals surface area (Å²) < 4.78 is 55.9. The van der Waals surface area contributed by atoms with Crippen LogP contribution in [0.4, 0.5) is 9.52 Å². The van der Waals surface area contributed by atoms with Crippen LogP contribution in [-0.2, 0) is 16.6 Å². The van der Waals surface area contributed by atoms with Crippen molar-refractivity contribution in [3.8, 4) is 17.6 Å². The molecule has 0 bridgehead atoms. The van der Waals surface area contributed by atoms with Crippen LogP contribution in [0.1, 0.15) is 11.1 Å². The van der Waals surface area contributed by atoms with Crippen molar-refractivity contribution in [2.24, 2.45) is 0 Å². The van der Waals surface area contributed by atoms with Gasteiger partial charge in [-0.25, -0.2) is 9.37 Å². The lowest BCUT2D eigenvalue weighted by Crippen LogP contribution is -2.33. The molecule has 0 saturated heterocycles. The molecule has 8 nitrogen and oxygen atoms in total. The zero-order chi connectivity index (χ0) is 21.0. The minimum absolute atomic E-state index is 0.0898. The van der Waals surface area contributed by atoms with Gasteiger partial charge in [-0.15, -0.1) is 0 Å². The topological polar surface area (TPSA) is 107 Å². The molecule has 29 heavy (non-hydrogen) atoms. The molecule has 0 aliphatic heterocycles. The van der Waals surface area contributed by atoms with Crippen LogP contribution in [0.5, 0.6) is 11.5 Å². The number of nitrogens with zero attached hydrogens (tertiary/aromatic N) is 3. The van der Waals surface area contributed by atoms with Gasteiger partial charge in [-0.2, -0.15) is 18.0 Å². The second-order valence-electron chi connectivity index (χ2n) is 5.72. The molecule has 11 heteroatoms. The highest BCUT2D eigenvalue weighted by atomic mass is 32.2. The summed E-state index contributed by atoms with van der Waals surface area (Å²) >= 11 is 0.943. The van der Waals surface area contributed by atoms with Gasteiger partial charge in [-0.05, 0) is 34.7 Å². The van der Waals surface area contributed by atoms with Crippen molar-refractivity contribution in [2.45, 2.75) is 11.4 Å². The van der Waals surface area contributed by atoms with Crippen LogP contribution in [0.2, 0.25) is 0 Å². The van der Waals surface area contributed by atoms with E-state index in [0.29, 0.717) is 17.1 Å². The number of methoxy groups -OCH3 is 2. The fourth-order valence-electron chi connectivity index (χ4n) is 2.58. The van der Waals surface area contributed by atoms with E-state index in [1.54, 1.807) is 24.3 Å². The Hall–Kier alpha value is -3.23. The molecule has 0 amide bonds. The average Bonchev–Trinajstić information content (AvgIpc) is 3.26. The van der Waals surface area contributed by atoms with Crippen LogP contribution in [0.3, 0.4) is 0 Å². The van der Waals surface area contributed by atoms with Crippen molar-refractivity contribution in [3.05, 3.63) is 59.7 Å². The highest BCUT2D eigenvalue weighted by Crippen LogP contribution is 2.30. The summed E-state index contributed by atoms with van der Waals surface area (Å²) in [5.41, 5.74) is 0.211. The predicted molar refractivity (Wildman–Crippen MR) is 103 cm³/mol. The first-order chi connectivity index (χ1) is 13.9. The number of aromatic nitrogens is 2. The Balaban J connectivity index is 2.09. The minimum atomic E-state index is -4.14. The molecule has 3 aromatic rings. The van der Waals surface area contributed by atoms with Crippen molar-refractivity contribution in [3.63, 3.8) is 0 Å². The smallest absolute Gasteiger partial charge is 0.328 e. The Labute approximate surface area is 171 Å². The van der Waals surface area contributed by atoms with E-state index < -0.39 is 15.8 Å². The number of anilines is 1. The molecular weight excluding hydrogens is 419 g/mol. The van der Waals surface area contributed by atoms with E-state index in [9.17, 15) is 12.8 Å². The van der Waals surface area contributed by atoms with Gasteiger partial charge in [0.25, 0.3) is 0 Å². The Morgan fingerprint density at radius 2 is 2.03 bits per heavy atom. The Morgan fingerprint density at radius 1 is 1.24 bits per heavy atom. The quantitative estimate of drug-likeness (QED) is 0.564. The summed E-state index contributed by atoms with van der Waals surface area (Å²) in [6.45, 7) is -0.0898. The highest BCUT2D eigenvalue weighted by Gasteiger charge is 2.34. The minimum Gasteiger partial charge on any atom is -0.497 e. The summed E-state index contributed by atoms with van der Waals surface area (Å²) in [6, 6.07) is 9.74. The monoisotopic (exact) mass is 435 g/mol. The summed E-state index contributed by atoms with van der Waals surface area (Å²) in [5, 5.41) is 9.28. The largest absolute Gasteiger partial charge is 0.497 e. The maximum absolute atomic E-state index is 13.7. The second-order valence-corrected chi connectivity index (χ2v) is 8.36. The van der Waals surface area contributed by atoms with Gasteiger partial charge in [0.15, 0.2) is 0 Å². The normalized spacial score (nSPS) is 11.0. The summed E-state index contributed by atoms with van der Waals surface area (Å²) in [7, 11) is -1.16. The molecule has 150 valence electrons. The number of H-pyrrole nitrogens is 1. The van der Waals surface area contributed by atoms with E-state index in [2.05, 4.69) is 9.36 Å². The molecule has 0 atom stereocenters. The van der Waals surface area contributed by atoms with E-state index in [-0.39, 0.29) is 22.1 Å². The van der Waals surface area contributed by atoms with Crippen LogP contribution in [-0.4, -0.2) is 27.0 Å². The molecule has 0 unspecified atom stereocenters. The number of hydrogen-bond acceptors (Lipinski definition) is 7.